The van der Waals surface area contributed by atoms with Crippen molar-refractivity contribution in [2.45, 2.75) is 13.3 Å². The summed E-state index contributed by atoms with van der Waals surface area (Å²) in [6, 6.07) is 6.00. The molecule has 16 heavy (non-hydrogen) atoms. The van der Waals surface area contributed by atoms with E-state index in [4.69, 9.17) is 5.11 Å². The van der Waals surface area contributed by atoms with Gasteiger partial charge in [-0.25, -0.2) is 4.79 Å². The number of rotatable bonds is 5. The number of halogens is 1. The first-order valence-corrected chi connectivity index (χ1v) is 5.84. The van der Waals surface area contributed by atoms with Gasteiger partial charge >= 0.3 is 5.97 Å². The number of carboxylic acid groups (broad SMARTS) is 1. The molecule has 0 fully saturated rings. The smallest absolute Gasteiger partial charge is 0.328 e. The van der Waals surface area contributed by atoms with Crippen molar-refractivity contribution in [1.29, 1.82) is 0 Å². The van der Waals surface area contributed by atoms with E-state index in [1.165, 1.54) is 5.56 Å². The molecule has 0 bridgehead atoms. The van der Waals surface area contributed by atoms with Crippen molar-refractivity contribution < 1.29 is 9.90 Å². The molecule has 1 aromatic rings. The maximum atomic E-state index is 10.3. The van der Waals surface area contributed by atoms with E-state index in [9.17, 15) is 4.79 Å². The van der Waals surface area contributed by atoms with Crippen LogP contribution in [0.25, 0.3) is 0 Å². The minimum Gasteiger partial charge on any atom is -0.478 e. The molecule has 1 aromatic carbocycles. The highest BCUT2D eigenvalue weighted by atomic mass is 79.9. The topological polar surface area (TPSA) is 49.3 Å². The van der Waals surface area contributed by atoms with E-state index in [2.05, 4.69) is 34.2 Å². The van der Waals surface area contributed by atoms with Crippen molar-refractivity contribution in [3.05, 3.63) is 40.4 Å². The lowest BCUT2D eigenvalue weighted by molar-refractivity contribution is -0.131. The Hall–Kier alpha value is -1.29. The Labute approximate surface area is 103 Å². The Kier molecular flexibility index (Phi) is 5.05. The number of hydrogen-bond donors (Lipinski definition) is 2. The summed E-state index contributed by atoms with van der Waals surface area (Å²) in [7, 11) is 0. The number of aliphatic carboxylic acids is 1. The molecule has 0 aliphatic rings. The molecule has 0 aliphatic carbocycles. The van der Waals surface area contributed by atoms with Gasteiger partial charge in [-0.1, -0.05) is 28.9 Å². The maximum Gasteiger partial charge on any atom is 0.328 e. The summed E-state index contributed by atoms with van der Waals surface area (Å²) >= 11 is 3.42. The lowest BCUT2D eigenvalue weighted by Crippen LogP contribution is -2.02. The fourth-order valence-corrected chi connectivity index (χ4v) is 1.76. The molecule has 2 N–H and O–H groups in total. The molecule has 0 heterocycles. The van der Waals surface area contributed by atoms with E-state index >= 15 is 0 Å². The van der Waals surface area contributed by atoms with Gasteiger partial charge in [0.25, 0.3) is 0 Å². The molecular formula is C12H14BrNO2. The molecule has 0 unspecified atom stereocenters. The minimum atomic E-state index is -0.923. The predicted molar refractivity (Wildman–Crippen MR) is 68.8 cm³/mol. The SMILES string of the molecule is CCc1cc(Br)ccc1NC/C=C/C(=O)O. The van der Waals surface area contributed by atoms with Gasteiger partial charge in [-0.2, -0.15) is 0 Å². The van der Waals surface area contributed by atoms with Gasteiger partial charge < -0.3 is 10.4 Å². The molecule has 0 radical (unpaired) electrons. The number of nitrogens with one attached hydrogen (secondary N) is 1. The third-order valence-electron chi connectivity index (χ3n) is 2.12. The van der Waals surface area contributed by atoms with Crippen molar-refractivity contribution in [1.82, 2.24) is 0 Å². The second-order valence-electron chi connectivity index (χ2n) is 3.28. The summed E-state index contributed by atoms with van der Waals surface area (Å²) in [5.74, 6) is -0.923. The van der Waals surface area contributed by atoms with Gasteiger partial charge in [0.2, 0.25) is 0 Å². The molecule has 0 atom stereocenters. The first kappa shape index (κ1) is 12.8. The van der Waals surface area contributed by atoms with Crippen LogP contribution in [0.5, 0.6) is 0 Å². The summed E-state index contributed by atoms with van der Waals surface area (Å²) < 4.78 is 1.05. The van der Waals surface area contributed by atoms with Gasteiger partial charge in [0.1, 0.15) is 0 Å². The molecule has 0 spiro atoms. The van der Waals surface area contributed by atoms with Gasteiger partial charge in [0.15, 0.2) is 0 Å². The van der Waals surface area contributed by atoms with Crippen LogP contribution in [0.3, 0.4) is 0 Å². The first-order chi connectivity index (χ1) is 7.63. The average molecular weight is 284 g/mol. The Balaban J connectivity index is 2.63. The number of carboxylic acids is 1. The molecule has 0 amide bonds. The third kappa shape index (κ3) is 4.06. The standard InChI is InChI=1S/C12H14BrNO2/c1-2-9-8-10(13)5-6-11(9)14-7-3-4-12(15)16/h3-6,8,14H,2,7H2,1H3,(H,15,16)/b4-3+. The lowest BCUT2D eigenvalue weighted by Gasteiger charge is -2.09. The van der Waals surface area contributed by atoms with Crippen LogP contribution in [0.1, 0.15) is 12.5 Å². The quantitative estimate of drug-likeness (QED) is 0.817. The highest BCUT2D eigenvalue weighted by Gasteiger charge is 1.99. The summed E-state index contributed by atoms with van der Waals surface area (Å²) in [5, 5.41) is 11.6. The number of anilines is 1. The van der Waals surface area contributed by atoms with Crippen LogP contribution >= 0.6 is 15.9 Å². The van der Waals surface area contributed by atoms with Crippen LogP contribution in [-0.2, 0) is 11.2 Å². The average Bonchev–Trinajstić information content (AvgIpc) is 2.25. The fourth-order valence-electron chi connectivity index (χ4n) is 1.36. The van der Waals surface area contributed by atoms with Gasteiger partial charge in [-0.3, -0.25) is 0 Å². The molecule has 3 nitrogen and oxygen atoms in total. The summed E-state index contributed by atoms with van der Waals surface area (Å²) in [6.45, 7) is 2.60. The highest BCUT2D eigenvalue weighted by Crippen LogP contribution is 2.21. The van der Waals surface area contributed by atoms with Crippen LogP contribution in [-0.4, -0.2) is 17.6 Å². The zero-order valence-electron chi connectivity index (χ0n) is 9.03. The van der Waals surface area contributed by atoms with Crippen LogP contribution in [0, 0.1) is 0 Å². The van der Waals surface area contributed by atoms with Crippen molar-refractivity contribution in [2.24, 2.45) is 0 Å². The maximum absolute atomic E-state index is 10.3. The number of aryl methyl sites for hydroxylation is 1. The first-order valence-electron chi connectivity index (χ1n) is 5.05. The number of benzene rings is 1. The molecule has 0 saturated carbocycles. The Morgan fingerprint density at radius 3 is 2.94 bits per heavy atom. The van der Waals surface area contributed by atoms with Crippen molar-refractivity contribution in [3.8, 4) is 0 Å². The zero-order valence-corrected chi connectivity index (χ0v) is 10.6. The minimum absolute atomic E-state index is 0.515. The molecule has 1 rings (SSSR count). The van der Waals surface area contributed by atoms with Crippen LogP contribution < -0.4 is 5.32 Å². The number of carbonyl (C=O) groups is 1. The number of hydrogen-bond acceptors (Lipinski definition) is 2. The van der Waals surface area contributed by atoms with Gasteiger partial charge in [-0.15, -0.1) is 0 Å². The van der Waals surface area contributed by atoms with E-state index in [0.717, 1.165) is 22.7 Å². The largest absolute Gasteiger partial charge is 0.478 e. The van der Waals surface area contributed by atoms with Crippen LogP contribution in [0.2, 0.25) is 0 Å². The predicted octanol–water partition coefficient (Wildman–Crippen LogP) is 3.06. The zero-order chi connectivity index (χ0) is 12.0. The van der Waals surface area contributed by atoms with Crippen LogP contribution in [0.4, 0.5) is 5.69 Å². The van der Waals surface area contributed by atoms with Crippen molar-refractivity contribution >= 4 is 27.6 Å². The molecule has 0 saturated heterocycles. The highest BCUT2D eigenvalue weighted by molar-refractivity contribution is 9.10. The second kappa shape index (κ2) is 6.33. The van der Waals surface area contributed by atoms with Crippen molar-refractivity contribution in [3.63, 3.8) is 0 Å². The van der Waals surface area contributed by atoms with Crippen molar-refractivity contribution in [2.75, 3.05) is 11.9 Å². The fraction of sp³-hybridized carbons (Fsp3) is 0.250. The normalized spacial score (nSPS) is 10.6. The van der Waals surface area contributed by atoms with Gasteiger partial charge in [-0.05, 0) is 30.2 Å². The van der Waals surface area contributed by atoms with Crippen LogP contribution in [0.15, 0.2) is 34.8 Å². The van der Waals surface area contributed by atoms with E-state index in [1.54, 1.807) is 6.08 Å². The molecule has 0 aliphatic heterocycles. The van der Waals surface area contributed by atoms with Gasteiger partial charge in [0, 0.05) is 22.8 Å². The molecule has 0 aromatic heterocycles. The summed E-state index contributed by atoms with van der Waals surface area (Å²) in [5.41, 5.74) is 2.25. The summed E-state index contributed by atoms with van der Waals surface area (Å²) in [4.78, 5) is 10.3. The van der Waals surface area contributed by atoms with E-state index in [-0.39, 0.29) is 0 Å². The Morgan fingerprint density at radius 2 is 2.31 bits per heavy atom. The molecular weight excluding hydrogens is 270 g/mol. The molecule has 4 heteroatoms. The Morgan fingerprint density at radius 1 is 1.56 bits per heavy atom. The molecule has 86 valence electrons. The Bertz CT molecular complexity index is 402. The van der Waals surface area contributed by atoms with Gasteiger partial charge in [0.05, 0.1) is 0 Å². The van der Waals surface area contributed by atoms with E-state index < -0.39 is 5.97 Å². The third-order valence-corrected chi connectivity index (χ3v) is 2.61. The summed E-state index contributed by atoms with van der Waals surface area (Å²) in [6.07, 6.45) is 3.66. The monoisotopic (exact) mass is 283 g/mol. The second-order valence-corrected chi connectivity index (χ2v) is 4.19. The lowest BCUT2D eigenvalue weighted by atomic mass is 10.1. The van der Waals surface area contributed by atoms with E-state index in [0.29, 0.717) is 6.54 Å². The van der Waals surface area contributed by atoms with E-state index in [1.807, 2.05) is 12.1 Å².